The number of hydrogen-bond acceptors (Lipinski definition) is 5. The van der Waals surface area contributed by atoms with Crippen LogP contribution in [-0.4, -0.2) is 41.8 Å². The molecule has 2 saturated heterocycles. The zero-order valence-corrected chi connectivity index (χ0v) is 21.9. The Morgan fingerprint density at radius 3 is 2.47 bits per heavy atom. The first kappa shape index (κ1) is 23.7. The predicted octanol–water partition coefficient (Wildman–Crippen LogP) is 5.34. The van der Waals surface area contributed by atoms with Gasteiger partial charge in [0.15, 0.2) is 5.79 Å². The van der Waals surface area contributed by atoms with Crippen molar-refractivity contribution < 1.29 is 24.1 Å². The third-order valence-corrected chi connectivity index (χ3v) is 12.2. The van der Waals surface area contributed by atoms with E-state index >= 15 is 0 Å². The molecular formula is C29H46O5. The fourth-order valence-electron chi connectivity index (χ4n) is 10.7. The molecule has 4 aliphatic carbocycles. The molecule has 13 atom stereocenters. The van der Waals surface area contributed by atoms with Gasteiger partial charge in [-0.25, -0.2) is 0 Å². The monoisotopic (exact) mass is 474 g/mol. The molecule has 5 nitrogen and oxygen atoms in total. The second-order valence-corrected chi connectivity index (χ2v) is 13.8. The van der Waals surface area contributed by atoms with Crippen LogP contribution in [0.4, 0.5) is 0 Å². The van der Waals surface area contributed by atoms with Gasteiger partial charge in [0.05, 0.1) is 12.7 Å². The molecule has 2 heterocycles. The number of rotatable bonds is 1. The van der Waals surface area contributed by atoms with Crippen LogP contribution < -0.4 is 0 Å². The van der Waals surface area contributed by atoms with Crippen LogP contribution in [-0.2, 0) is 19.0 Å². The Bertz CT molecular complexity index is 829. The van der Waals surface area contributed by atoms with Crippen molar-refractivity contribution in [2.45, 2.75) is 117 Å². The van der Waals surface area contributed by atoms with E-state index in [0.717, 1.165) is 37.5 Å². The number of carbonyl (C=O) groups is 1. The SMILES string of the molecule is CC(=O)OC1CCC2(C)C(CCC3C2CCC2(C)C3CC3OC4(OCC(C)CC4O)C(C)C32)C1. The number of carbonyl (C=O) groups excluding carboxylic acids is 1. The minimum atomic E-state index is -0.786. The van der Waals surface area contributed by atoms with Gasteiger partial charge in [0.25, 0.3) is 0 Å². The van der Waals surface area contributed by atoms with Crippen molar-refractivity contribution >= 4 is 5.97 Å². The maximum atomic E-state index is 11.6. The minimum Gasteiger partial charge on any atom is -0.463 e. The fourth-order valence-corrected chi connectivity index (χ4v) is 10.7. The molecule has 13 unspecified atom stereocenters. The first-order chi connectivity index (χ1) is 16.1. The van der Waals surface area contributed by atoms with Gasteiger partial charge in [-0.2, -0.15) is 0 Å². The molecule has 0 radical (unpaired) electrons. The lowest BCUT2D eigenvalue weighted by Crippen LogP contribution is -2.57. The zero-order chi connectivity index (χ0) is 24.0. The maximum absolute atomic E-state index is 11.6. The number of ether oxygens (including phenoxy) is 3. The van der Waals surface area contributed by atoms with Crippen LogP contribution in [0, 0.1) is 52.3 Å². The number of esters is 1. The number of fused-ring (bicyclic) bond motifs is 7. The minimum absolute atomic E-state index is 0.123. The van der Waals surface area contributed by atoms with Gasteiger partial charge in [0.1, 0.15) is 12.2 Å². The molecule has 5 heteroatoms. The largest absolute Gasteiger partial charge is 0.463 e. The quantitative estimate of drug-likeness (QED) is 0.520. The Hall–Kier alpha value is -0.650. The molecule has 1 N–H and O–H groups in total. The third kappa shape index (κ3) is 3.18. The molecule has 0 aromatic rings. The van der Waals surface area contributed by atoms with Gasteiger partial charge in [-0.1, -0.05) is 27.7 Å². The third-order valence-electron chi connectivity index (χ3n) is 12.2. The maximum Gasteiger partial charge on any atom is 0.302 e. The van der Waals surface area contributed by atoms with Crippen LogP contribution >= 0.6 is 0 Å². The molecular weight excluding hydrogens is 428 g/mol. The van der Waals surface area contributed by atoms with Crippen LogP contribution in [0.25, 0.3) is 0 Å². The summed E-state index contributed by atoms with van der Waals surface area (Å²) in [6.07, 6.45) is 10.2. The first-order valence-corrected chi connectivity index (χ1v) is 14.3. The van der Waals surface area contributed by atoms with Gasteiger partial charge in [0, 0.05) is 12.8 Å². The molecule has 0 aromatic heterocycles. The van der Waals surface area contributed by atoms with Crippen molar-refractivity contribution in [2.24, 2.45) is 52.3 Å². The summed E-state index contributed by atoms with van der Waals surface area (Å²) >= 11 is 0. The van der Waals surface area contributed by atoms with Crippen LogP contribution in [0.3, 0.4) is 0 Å². The van der Waals surface area contributed by atoms with Crippen molar-refractivity contribution in [1.82, 2.24) is 0 Å². The van der Waals surface area contributed by atoms with E-state index in [4.69, 9.17) is 14.2 Å². The molecule has 6 aliphatic rings. The zero-order valence-electron chi connectivity index (χ0n) is 21.9. The van der Waals surface area contributed by atoms with Crippen molar-refractivity contribution in [3.8, 4) is 0 Å². The van der Waals surface area contributed by atoms with E-state index in [1.807, 2.05) is 0 Å². The van der Waals surface area contributed by atoms with Gasteiger partial charge in [0.2, 0.25) is 0 Å². The highest BCUT2D eigenvalue weighted by molar-refractivity contribution is 5.66. The summed E-state index contributed by atoms with van der Waals surface area (Å²) in [7, 11) is 0. The van der Waals surface area contributed by atoms with Crippen LogP contribution in [0.5, 0.6) is 0 Å². The average molecular weight is 475 g/mol. The highest BCUT2D eigenvalue weighted by Crippen LogP contribution is 2.71. The average Bonchev–Trinajstić information content (AvgIpc) is 3.22. The Kier molecular flexibility index (Phi) is 5.53. The highest BCUT2D eigenvalue weighted by Gasteiger charge is 2.70. The fraction of sp³-hybridized carbons (Fsp3) is 0.966. The van der Waals surface area contributed by atoms with Crippen molar-refractivity contribution in [3.05, 3.63) is 0 Å². The summed E-state index contributed by atoms with van der Waals surface area (Å²) < 4.78 is 18.8. The van der Waals surface area contributed by atoms with E-state index in [1.165, 1.54) is 32.1 Å². The highest BCUT2D eigenvalue weighted by atomic mass is 16.7. The summed E-state index contributed by atoms with van der Waals surface area (Å²) in [4.78, 5) is 11.6. The second kappa shape index (κ2) is 7.92. The standard InChI is InChI=1S/C29H46O5/c1-16-12-25(31)29(32-15-16)17(2)26-24(34-29)14-23-21-7-6-19-13-20(33-18(3)30)8-10-27(19,4)22(21)9-11-28(23,26)5/h16-17,19-26,31H,6-15H2,1-5H3. The molecule has 4 saturated carbocycles. The van der Waals surface area contributed by atoms with Gasteiger partial charge >= 0.3 is 5.97 Å². The predicted molar refractivity (Wildman–Crippen MR) is 129 cm³/mol. The lowest BCUT2D eigenvalue weighted by atomic mass is 9.44. The van der Waals surface area contributed by atoms with Crippen molar-refractivity contribution in [2.75, 3.05) is 6.61 Å². The summed E-state index contributed by atoms with van der Waals surface area (Å²) in [5.41, 5.74) is 0.657. The van der Waals surface area contributed by atoms with Gasteiger partial charge in [-0.15, -0.1) is 0 Å². The van der Waals surface area contributed by atoms with Gasteiger partial charge in [-0.3, -0.25) is 4.79 Å². The van der Waals surface area contributed by atoms with E-state index in [9.17, 15) is 9.90 Å². The van der Waals surface area contributed by atoms with Gasteiger partial charge < -0.3 is 19.3 Å². The number of aliphatic hydroxyl groups excluding tert-OH is 1. The molecule has 0 bridgehead atoms. The molecule has 1 spiro atoms. The van der Waals surface area contributed by atoms with E-state index in [2.05, 4.69) is 27.7 Å². The summed E-state index contributed by atoms with van der Waals surface area (Å²) in [6.45, 7) is 11.8. The Balaban J connectivity index is 1.22. The van der Waals surface area contributed by atoms with Crippen molar-refractivity contribution in [1.29, 1.82) is 0 Å². The Labute approximate surface area is 205 Å². The normalized spacial score (nSPS) is 58.5. The summed E-state index contributed by atoms with van der Waals surface area (Å²) in [5.74, 6) is 3.15. The second-order valence-electron chi connectivity index (χ2n) is 13.8. The molecule has 6 fully saturated rings. The molecule has 192 valence electrons. The number of aliphatic hydroxyl groups is 1. The molecule has 34 heavy (non-hydrogen) atoms. The van der Waals surface area contributed by atoms with Crippen LogP contribution in [0.1, 0.15) is 92.4 Å². The lowest BCUT2D eigenvalue weighted by Gasteiger charge is -2.61. The molecule has 2 aliphatic heterocycles. The van der Waals surface area contributed by atoms with E-state index in [-0.39, 0.29) is 29.5 Å². The lowest BCUT2D eigenvalue weighted by molar-refractivity contribution is -0.316. The number of hydrogen-bond donors (Lipinski definition) is 1. The molecule has 0 amide bonds. The van der Waals surface area contributed by atoms with E-state index < -0.39 is 11.9 Å². The summed E-state index contributed by atoms with van der Waals surface area (Å²) in [5, 5.41) is 11.1. The Morgan fingerprint density at radius 2 is 1.74 bits per heavy atom. The van der Waals surface area contributed by atoms with Gasteiger partial charge in [-0.05, 0) is 104 Å². The summed E-state index contributed by atoms with van der Waals surface area (Å²) in [6, 6.07) is 0. The first-order valence-electron chi connectivity index (χ1n) is 14.3. The van der Waals surface area contributed by atoms with Crippen LogP contribution in [0.2, 0.25) is 0 Å². The topological polar surface area (TPSA) is 65.0 Å². The van der Waals surface area contributed by atoms with Crippen LogP contribution in [0.15, 0.2) is 0 Å². The molecule has 0 aromatic carbocycles. The smallest absolute Gasteiger partial charge is 0.302 e. The molecule has 6 rings (SSSR count). The van der Waals surface area contributed by atoms with E-state index in [1.54, 1.807) is 6.92 Å². The van der Waals surface area contributed by atoms with Crippen molar-refractivity contribution in [3.63, 3.8) is 0 Å². The van der Waals surface area contributed by atoms with E-state index in [0.29, 0.717) is 35.7 Å². The Morgan fingerprint density at radius 1 is 0.971 bits per heavy atom.